The molecule has 0 saturated carbocycles. The van der Waals surface area contributed by atoms with Crippen molar-refractivity contribution in [2.24, 2.45) is 0 Å². The molecule has 4 N–H and O–H groups in total. The Hall–Kier alpha value is -4.15. The Labute approximate surface area is 193 Å². The summed E-state index contributed by atoms with van der Waals surface area (Å²) in [5.41, 5.74) is 4.79. The highest BCUT2D eigenvalue weighted by molar-refractivity contribution is 7.18. The van der Waals surface area contributed by atoms with Crippen molar-refractivity contribution in [3.05, 3.63) is 78.2 Å². The predicted octanol–water partition coefficient (Wildman–Crippen LogP) is 4.19. The largest absolute Gasteiger partial charge is 0.330 e. The van der Waals surface area contributed by atoms with E-state index in [0.717, 1.165) is 32.9 Å². The van der Waals surface area contributed by atoms with Crippen molar-refractivity contribution in [3.8, 4) is 10.6 Å². The van der Waals surface area contributed by atoms with Crippen LogP contribution in [0.15, 0.2) is 67.0 Å². The summed E-state index contributed by atoms with van der Waals surface area (Å²) in [6.45, 7) is 0.653. The second-order valence-electron chi connectivity index (χ2n) is 7.31. The van der Waals surface area contributed by atoms with E-state index in [1.807, 2.05) is 55.6 Å². The zero-order valence-electron chi connectivity index (χ0n) is 17.7. The van der Waals surface area contributed by atoms with E-state index >= 15 is 0 Å². The highest BCUT2D eigenvalue weighted by atomic mass is 32.1. The monoisotopic (exact) mass is 456 g/mol. The van der Waals surface area contributed by atoms with Gasteiger partial charge in [0.25, 0.3) is 5.91 Å². The molecule has 0 aliphatic rings. The van der Waals surface area contributed by atoms with E-state index in [-0.39, 0.29) is 5.91 Å². The highest BCUT2D eigenvalue weighted by Crippen LogP contribution is 2.30. The van der Waals surface area contributed by atoms with Crippen LogP contribution < -0.4 is 16.0 Å². The molecule has 3 heterocycles. The summed E-state index contributed by atoms with van der Waals surface area (Å²) in [4.78, 5) is 16.9. The number of carbonyl (C=O) groups excluding carboxylic acids is 1. The molecule has 0 saturated heterocycles. The smallest absolute Gasteiger partial charge is 0.257 e. The number of aromatic amines is 1. The van der Waals surface area contributed by atoms with E-state index in [9.17, 15) is 4.79 Å². The van der Waals surface area contributed by atoms with Crippen LogP contribution in [0.1, 0.15) is 16.1 Å². The van der Waals surface area contributed by atoms with Crippen molar-refractivity contribution in [2.45, 2.75) is 6.54 Å². The lowest BCUT2D eigenvalue weighted by atomic mass is 10.2. The molecule has 0 bridgehead atoms. The van der Waals surface area contributed by atoms with E-state index in [4.69, 9.17) is 0 Å². The minimum Gasteiger partial charge on any atom is -0.330 e. The number of amides is 1. The van der Waals surface area contributed by atoms with E-state index < -0.39 is 0 Å². The van der Waals surface area contributed by atoms with Crippen molar-refractivity contribution < 1.29 is 4.79 Å². The third-order valence-corrected chi connectivity index (χ3v) is 5.82. The van der Waals surface area contributed by atoms with Gasteiger partial charge in [0.2, 0.25) is 5.13 Å². The summed E-state index contributed by atoms with van der Waals surface area (Å²) in [5, 5.41) is 27.2. The molecule has 0 aliphatic carbocycles. The zero-order chi connectivity index (χ0) is 22.6. The molecule has 9 nitrogen and oxygen atoms in total. The molecule has 5 aromatic rings. The lowest BCUT2D eigenvalue weighted by molar-refractivity contribution is 0.102. The van der Waals surface area contributed by atoms with Crippen LogP contribution in [0.3, 0.4) is 0 Å². The molecule has 5 rings (SSSR count). The van der Waals surface area contributed by atoms with Crippen LogP contribution in [0.5, 0.6) is 0 Å². The first kappa shape index (κ1) is 20.7. The van der Waals surface area contributed by atoms with Crippen molar-refractivity contribution in [1.82, 2.24) is 30.7 Å². The Morgan fingerprint density at radius 2 is 1.97 bits per heavy atom. The number of fused-ring (bicyclic) bond motifs is 1. The van der Waals surface area contributed by atoms with E-state index in [2.05, 4.69) is 41.3 Å². The maximum Gasteiger partial charge on any atom is 0.257 e. The van der Waals surface area contributed by atoms with Crippen LogP contribution in [0, 0.1) is 0 Å². The number of anilines is 3. The van der Waals surface area contributed by atoms with Crippen molar-refractivity contribution in [3.63, 3.8) is 0 Å². The minimum absolute atomic E-state index is 0.218. The lowest BCUT2D eigenvalue weighted by Gasteiger charge is -2.07. The summed E-state index contributed by atoms with van der Waals surface area (Å²) >= 11 is 1.43. The van der Waals surface area contributed by atoms with E-state index in [1.165, 1.54) is 11.3 Å². The standard InChI is InChI=1S/C23H20N8OS/c1-24-13-19-6-5-15(11-25-19)21(32)27-17-4-2-3-14(9-17)22-30-31-23(33-22)28-18-7-8-20-16(10-18)12-26-29-20/h2-12,24H,13H2,1H3,(H,26,29)(H,27,32)(H,28,31). The van der Waals surface area contributed by atoms with Gasteiger partial charge in [0.1, 0.15) is 5.01 Å². The van der Waals surface area contributed by atoms with Gasteiger partial charge in [-0.15, -0.1) is 10.2 Å². The number of rotatable bonds is 7. The van der Waals surface area contributed by atoms with Gasteiger partial charge in [0.05, 0.1) is 23.0 Å². The number of aromatic nitrogens is 5. The van der Waals surface area contributed by atoms with Crippen LogP contribution in [0.4, 0.5) is 16.5 Å². The minimum atomic E-state index is -0.218. The molecule has 2 aromatic carbocycles. The summed E-state index contributed by atoms with van der Waals surface area (Å²) in [6, 6.07) is 17.0. The highest BCUT2D eigenvalue weighted by Gasteiger charge is 2.11. The first-order chi connectivity index (χ1) is 16.2. The number of pyridine rings is 1. The molecule has 0 atom stereocenters. The van der Waals surface area contributed by atoms with Crippen molar-refractivity contribution >= 4 is 44.7 Å². The second-order valence-corrected chi connectivity index (χ2v) is 8.29. The first-order valence-corrected chi connectivity index (χ1v) is 11.0. The third-order valence-electron chi connectivity index (χ3n) is 4.93. The van der Waals surface area contributed by atoms with Gasteiger partial charge in [-0.1, -0.05) is 23.5 Å². The summed E-state index contributed by atoms with van der Waals surface area (Å²) in [7, 11) is 1.85. The van der Waals surface area contributed by atoms with Crippen LogP contribution in [0.2, 0.25) is 0 Å². The summed E-state index contributed by atoms with van der Waals surface area (Å²) in [6.07, 6.45) is 3.36. The Morgan fingerprint density at radius 3 is 2.82 bits per heavy atom. The van der Waals surface area contributed by atoms with Crippen molar-refractivity contribution in [2.75, 3.05) is 17.7 Å². The van der Waals surface area contributed by atoms with Gasteiger partial charge >= 0.3 is 0 Å². The molecule has 0 unspecified atom stereocenters. The number of nitrogens with one attached hydrogen (secondary N) is 4. The van der Waals surface area contributed by atoms with Crippen molar-refractivity contribution in [1.29, 1.82) is 0 Å². The van der Waals surface area contributed by atoms with Gasteiger partial charge in [-0.25, -0.2) is 0 Å². The number of H-pyrrole nitrogens is 1. The quantitative estimate of drug-likeness (QED) is 0.290. The third kappa shape index (κ3) is 4.71. The molecule has 0 spiro atoms. The number of hydrogen-bond donors (Lipinski definition) is 4. The molecule has 10 heteroatoms. The number of carbonyl (C=O) groups is 1. The van der Waals surface area contributed by atoms with Crippen LogP contribution in [-0.4, -0.2) is 38.3 Å². The number of benzene rings is 2. The molecule has 164 valence electrons. The maximum atomic E-state index is 12.6. The lowest BCUT2D eigenvalue weighted by Crippen LogP contribution is -2.13. The van der Waals surface area contributed by atoms with Crippen LogP contribution in [-0.2, 0) is 6.54 Å². The van der Waals surface area contributed by atoms with Gasteiger partial charge in [-0.2, -0.15) is 5.10 Å². The van der Waals surface area contributed by atoms with E-state index in [1.54, 1.807) is 18.5 Å². The topological polar surface area (TPSA) is 121 Å². The molecule has 0 radical (unpaired) electrons. The van der Waals surface area contributed by atoms with Crippen LogP contribution in [0.25, 0.3) is 21.5 Å². The first-order valence-electron chi connectivity index (χ1n) is 10.2. The average molecular weight is 457 g/mol. The SMILES string of the molecule is CNCc1ccc(C(=O)Nc2cccc(-c3nnc(Nc4ccc5[nH]ncc5c4)s3)c2)cn1. The summed E-state index contributed by atoms with van der Waals surface area (Å²) in [5.74, 6) is -0.218. The fourth-order valence-corrected chi connectivity index (χ4v) is 4.07. The molecular weight excluding hydrogens is 436 g/mol. The van der Waals surface area contributed by atoms with Gasteiger partial charge in [-0.05, 0) is 49.5 Å². The summed E-state index contributed by atoms with van der Waals surface area (Å²) < 4.78 is 0. The van der Waals surface area contributed by atoms with Gasteiger partial charge in [0.15, 0.2) is 0 Å². The van der Waals surface area contributed by atoms with Gasteiger partial charge < -0.3 is 16.0 Å². The van der Waals surface area contributed by atoms with Gasteiger partial charge in [0, 0.05) is 35.1 Å². The Kier molecular flexibility index (Phi) is 5.75. The molecule has 3 aromatic heterocycles. The van der Waals surface area contributed by atoms with Crippen LogP contribution >= 0.6 is 11.3 Å². The average Bonchev–Trinajstić information content (AvgIpc) is 3.49. The number of hydrogen-bond acceptors (Lipinski definition) is 8. The van der Waals surface area contributed by atoms with Gasteiger partial charge in [-0.3, -0.25) is 14.9 Å². The molecule has 0 aliphatic heterocycles. The molecule has 1 amide bonds. The predicted molar refractivity (Wildman–Crippen MR) is 130 cm³/mol. The second kappa shape index (κ2) is 9.15. The van der Waals surface area contributed by atoms with E-state index in [0.29, 0.717) is 22.9 Å². The zero-order valence-corrected chi connectivity index (χ0v) is 18.5. The Bertz CT molecular complexity index is 1410. The normalized spacial score (nSPS) is 10.9. The fourth-order valence-electron chi connectivity index (χ4n) is 3.31. The molecule has 33 heavy (non-hydrogen) atoms. The fraction of sp³-hybridized carbons (Fsp3) is 0.0870. The molecular formula is C23H20N8OS. The molecule has 0 fully saturated rings. The number of nitrogens with zero attached hydrogens (tertiary/aromatic N) is 4. The Morgan fingerprint density at radius 1 is 1.03 bits per heavy atom. The maximum absolute atomic E-state index is 12.6. The Balaban J connectivity index is 1.28.